The molecule has 1 N–H and O–H groups in total. The molecule has 6 heteroatoms. The Hall–Kier alpha value is -0.170. The minimum atomic E-state index is -3.17. The van der Waals surface area contributed by atoms with Crippen LogP contribution in [0.15, 0.2) is 0 Å². The van der Waals surface area contributed by atoms with E-state index in [0.717, 1.165) is 12.8 Å². The first-order valence-electron chi connectivity index (χ1n) is 7.17. The van der Waals surface area contributed by atoms with Crippen molar-refractivity contribution in [3.63, 3.8) is 0 Å². The molecule has 1 saturated heterocycles. The Labute approximate surface area is 117 Å². The summed E-state index contributed by atoms with van der Waals surface area (Å²) in [6, 6.07) is 0.434. The normalized spacial score (nSPS) is 25.9. The van der Waals surface area contributed by atoms with Crippen LogP contribution < -0.4 is 5.32 Å². The number of hydrogen-bond donors (Lipinski definition) is 1. The molecule has 5 nitrogen and oxygen atoms in total. The lowest BCUT2D eigenvalue weighted by Gasteiger charge is -2.37. The van der Waals surface area contributed by atoms with Gasteiger partial charge in [-0.3, -0.25) is 0 Å². The van der Waals surface area contributed by atoms with Crippen molar-refractivity contribution in [2.24, 2.45) is 5.92 Å². The van der Waals surface area contributed by atoms with Crippen molar-refractivity contribution in [1.29, 1.82) is 0 Å². The van der Waals surface area contributed by atoms with Crippen molar-refractivity contribution in [3.8, 4) is 0 Å². The molecule has 0 radical (unpaired) electrons. The molecule has 1 fully saturated rings. The Kier molecular flexibility index (Phi) is 6.73. The molecule has 1 heterocycles. The molecule has 0 aliphatic carbocycles. The van der Waals surface area contributed by atoms with E-state index in [1.165, 1.54) is 0 Å². The summed E-state index contributed by atoms with van der Waals surface area (Å²) in [6.45, 7) is 7.48. The highest BCUT2D eigenvalue weighted by atomic mass is 32.2. The highest BCUT2D eigenvalue weighted by molar-refractivity contribution is 7.89. The van der Waals surface area contributed by atoms with Crippen LogP contribution in [0.2, 0.25) is 0 Å². The van der Waals surface area contributed by atoms with Crippen LogP contribution in [0, 0.1) is 5.92 Å². The molecular weight excluding hydrogens is 264 g/mol. The molecule has 0 aromatic heterocycles. The Balaban J connectivity index is 2.55. The van der Waals surface area contributed by atoms with Gasteiger partial charge in [-0.2, -0.15) is 0 Å². The topological polar surface area (TPSA) is 58.6 Å². The summed E-state index contributed by atoms with van der Waals surface area (Å²) in [5.41, 5.74) is 0. The van der Waals surface area contributed by atoms with Gasteiger partial charge >= 0.3 is 0 Å². The average Bonchev–Trinajstić information content (AvgIpc) is 2.37. The van der Waals surface area contributed by atoms with E-state index < -0.39 is 10.0 Å². The molecule has 1 aliphatic heterocycles. The molecule has 2 atom stereocenters. The predicted octanol–water partition coefficient (Wildman–Crippen LogP) is 1.06. The highest BCUT2D eigenvalue weighted by Gasteiger charge is 2.32. The first-order chi connectivity index (χ1) is 8.90. The zero-order chi connectivity index (χ0) is 14.5. The first-order valence-corrected chi connectivity index (χ1v) is 8.78. The molecule has 0 amide bonds. The van der Waals surface area contributed by atoms with Gasteiger partial charge in [-0.05, 0) is 33.2 Å². The fourth-order valence-electron chi connectivity index (χ4n) is 2.56. The van der Waals surface area contributed by atoms with Gasteiger partial charge in [0.15, 0.2) is 0 Å². The zero-order valence-corrected chi connectivity index (χ0v) is 13.4. The van der Waals surface area contributed by atoms with Crippen molar-refractivity contribution in [1.82, 2.24) is 9.62 Å². The number of ether oxygens (including phenoxy) is 1. The zero-order valence-electron chi connectivity index (χ0n) is 12.6. The third-order valence-corrected chi connectivity index (χ3v) is 5.58. The molecule has 0 saturated carbocycles. The fourth-order valence-corrected chi connectivity index (χ4v) is 3.93. The maximum atomic E-state index is 12.2. The van der Waals surface area contributed by atoms with Crippen molar-refractivity contribution in [2.75, 3.05) is 32.5 Å². The summed E-state index contributed by atoms with van der Waals surface area (Å²) in [6.07, 6.45) is 1.97. The van der Waals surface area contributed by atoms with Crippen LogP contribution in [0.5, 0.6) is 0 Å². The maximum absolute atomic E-state index is 12.2. The van der Waals surface area contributed by atoms with Crippen molar-refractivity contribution >= 4 is 10.0 Å². The second-order valence-electron chi connectivity index (χ2n) is 5.45. The SMILES string of the molecule is CCC1CN(S(=O)(=O)CCOC(C)C)CCC1NC. The number of nitrogens with zero attached hydrogens (tertiary/aromatic N) is 1. The van der Waals surface area contributed by atoms with E-state index in [1.807, 2.05) is 20.9 Å². The van der Waals surface area contributed by atoms with Crippen molar-refractivity contribution < 1.29 is 13.2 Å². The van der Waals surface area contributed by atoms with Crippen LogP contribution in [0.25, 0.3) is 0 Å². The summed E-state index contributed by atoms with van der Waals surface area (Å²) in [7, 11) is -1.22. The third-order valence-electron chi connectivity index (χ3n) is 3.78. The smallest absolute Gasteiger partial charge is 0.216 e. The lowest BCUT2D eigenvalue weighted by molar-refractivity contribution is 0.0902. The van der Waals surface area contributed by atoms with Gasteiger partial charge in [0.2, 0.25) is 10.0 Å². The molecule has 0 bridgehead atoms. The lowest BCUT2D eigenvalue weighted by Crippen LogP contribution is -2.50. The van der Waals surface area contributed by atoms with E-state index in [2.05, 4.69) is 12.2 Å². The quantitative estimate of drug-likeness (QED) is 0.762. The largest absolute Gasteiger partial charge is 0.378 e. The molecule has 1 rings (SSSR count). The van der Waals surface area contributed by atoms with Crippen LogP contribution in [0.1, 0.15) is 33.6 Å². The van der Waals surface area contributed by atoms with Crippen LogP contribution >= 0.6 is 0 Å². The lowest BCUT2D eigenvalue weighted by atomic mass is 9.91. The van der Waals surface area contributed by atoms with Crippen LogP contribution in [0.3, 0.4) is 0 Å². The molecule has 0 spiro atoms. The van der Waals surface area contributed by atoms with Gasteiger partial charge in [-0.15, -0.1) is 0 Å². The second kappa shape index (κ2) is 7.57. The summed E-state index contributed by atoms with van der Waals surface area (Å²) >= 11 is 0. The molecule has 2 unspecified atom stereocenters. The minimum absolute atomic E-state index is 0.0774. The molecule has 0 aromatic carbocycles. The predicted molar refractivity (Wildman–Crippen MR) is 77.7 cm³/mol. The summed E-state index contributed by atoms with van der Waals surface area (Å²) in [5.74, 6) is 0.491. The summed E-state index contributed by atoms with van der Waals surface area (Å²) in [4.78, 5) is 0. The number of piperidine rings is 1. The van der Waals surface area contributed by atoms with E-state index in [-0.39, 0.29) is 18.5 Å². The van der Waals surface area contributed by atoms with Gasteiger partial charge in [0, 0.05) is 19.1 Å². The van der Waals surface area contributed by atoms with Crippen LogP contribution in [0.4, 0.5) is 0 Å². The van der Waals surface area contributed by atoms with Gasteiger partial charge in [0.05, 0.1) is 18.5 Å². The van der Waals surface area contributed by atoms with Crippen LogP contribution in [-0.4, -0.2) is 57.4 Å². The van der Waals surface area contributed by atoms with Crippen molar-refractivity contribution in [2.45, 2.75) is 45.8 Å². The van der Waals surface area contributed by atoms with Gasteiger partial charge < -0.3 is 10.1 Å². The number of sulfonamides is 1. The van der Waals surface area contributed by atoms with E-state index in [4.69, 9.17) is 4.74 Å². The summed E-state index contributed by atoms with van der Waals surface area (Å²) in [5, 5.41) is 3.29. The molecule has 1 aliphatic rings. The standard InChI is InChI=1S/C13H28N2O3S/c1-5-12-10-15(7-6-13(12)14-4)19(16,17)9-8-18-11(2)3/h11-14H,5-10H2,1-4H3. The molecule has 114 valence electrons. The highest BCUT2D eigenvalue weighted by Crippen LogP contribution is 2.22. The van der Waals surface area contributed by atoms with Crippen LogP contribution in [-0.2, 0) is 14.8 Å². The Morgan fingerprint density at radius 2 is 2.11 bits per heavy atom. The van der Waals surface area contributed by atoms with Gasteiger partial charge in [-0.25, -0.2) is 12.7 Å². The van der Waals surface area contributed by atoms with E-state index in [9.17, 15) is 8.42 Å². The van der Waals surface area contributed by atoms with E-state index in [0.29, 0.717) is 25.0 Å². The van der Waals surface area contributed by atoms with E-state index in [1.54, 1.807) is 4.31 Å². The third kappa shape index (κ3) is 5.02. The number of rotatable bonds is 7. The van der Waals surface area contributed by atoms with Gasteiger partial charge in [-0.1, -0.05) is 13.3 Å². The Morgan fingerprint density at radius 1 is 1.42 bits per heavy atom. The number of nitrogens with one attached hydrogen (secondary N) is 1. The Morgan fingerprint density at radius 3 is 2.63 bits per heavy atom. The number of hydrogen-bond acceptors (Lipinski definition) is 4. The average molecular weight is 292 g/mol. The molecular formula is C13H28N2O3S. The second-order valence-corrected chi connectivity index (χ2v) is 7.53. The molecule has 0 aromatic rings. The van der Waals surface area contributed by atoms with Gasteiger partial charge in [0.25, 0.3) is 0 Å². The van der Waals surface area contributed by atoms with Crippen molar-refractivity contribution in [3.05, 3.63) is 0 Å². The minimum Gasteiger partial charge on any atom is -0.378 e. The summed E-state index contributed by atoms with van der Waals surface area (Å²) < 4.78 is 31.5. The first kappa shape index (κ1) is 16.9. The molecule has 19 heavy (non-hydrogen) atoms. The Bertz CT molecular complexity index is 357. The maximum Gasteiger partial charge on any atom is 0.216 e. The fraction of sp³-hybridized carbons (Fsp3) is 1.00. The van der Waals surface area contributed by atoms with Gasteiger partial charge in [0.1, 0.15) is 0 Å². The monoisotopic (exact) mass is 292 g/mol. The van der Waals surface area contributed by atoms with E-state index >= 15 is 0 Å².